The number of thiophene rings is 1. The topological polar surface area (TPSA) is 46.3 Å². The minimum Gasteiger partial charge on any atom is -0.392 e. The molecule has 0 aromatic carbocycles. The van der Waals surface area contributed by atoms with E-state index in [2.05, 4.69) is 22.6 Å². The highest BCUT2D eigenvalue weighted by Gasteiger charge is 2.15. The van der Waals surface area contributed by atoms with Crippen molar-refractivity contribution in [3.8, 4) is 0 Å². The summed E-state index contributed by atoms with van der Waals surface area (Å²) in [4.78, 5) is 13.9. The van der Waals surface area contributed by atoms with E-state index in [1.165, 1.54) is 0 Å². The van der Waals surface area contributed by atoms with Crippen LogP contribution in [0.3, 0.4) is 0 Å². The minimum atomic E-state index is -0.00975. The average Bonchev–Trinajstić information content (AvgIpc) is 2.60. The third kappa shape index (κ3) is 3.69. The molecule has 0 fully saturated rings. The quantitative estimate of drug-likeness (QED) is 0.666. The van der Waals surface area contributed by atoms with E-state index >= 15 is 0 Å². The second-order valence-electron chi connectivity index (χ2n) is 2.93. The molecular weight excluding hydrogens is 343 g/mol. The lowest BCUT2D eigenvalue weighted by Gasteiger charge is -2.19. The van der Waals surface area contributed by atoms with Gasteiger partial charge < -0.3 is 10.6 Å². The molecule has 0 aliphatic rings. The van der Waals surface area contributed by atoms with Gasteiger partial charge in [0.2, 0.25) is 0 Å². The van der Waals surface area contributed by atoms with Gasteiger partial charge in [-0.05, 0) is 35.6 Å². The van der Waals surface area contributed by atoms with Gasteiger partial charge >= 0.3 is 0 Å². The smallest absolute Gasteiger partial charge is 0.255 e. The SMILES string of the molecule is CCN(CC(N)=S)C(=O)c1csc(I)c1. The van der Waals surface area contributed by atoms with Gasteiger partial charge in [0.1, 0.15) is 0 Å². The molecule has 3 nitrogen and oxygen atoms in total. The Hall–Kier alpha value is -0.210. The maximum absolute atomic E-state index is 11.9. The van der Waals surface area contributed by atoms with Crippen molar-refractivity contribution in [1.82, 2.24) is 4.90 Å². The van der Waals surface area contributed by atoms with Crippen LogP contribution in [0, 0.1) is 2.88 Å². The Morgan fingerprint density at radius 3 is 2.80 bits per heavy atom. The first-order valence-corrected chi connectivity index (χ1v) is 6.73. The van der Waals surface area contributed by atoms with Crippen LogP contribution in [0.1, 0.15) is 17.3 Å². The van der Waals surface area contributed by atoms with E-state index < -0.39 is 0 Å². The van der Waals surface area contributed by atoms with E-state index in [4.69, 9.17) is 18.0 Å². The molecule has 1 amide bonds. The van der Waals surface area contributed by atoms with Crippen molar-refractivity contribution in [1.29, 1.82) is 0 Å². The Labute approximate surface area is 112 Å². The third-order valence-corrected chi connectivity index (χ3v) is 3.75. The molecule has 15 heavy (non-hydrogen) atoms. The van der Waals surface area contributed by atoms with E-state index in [0.717, 1.165) is 2.88 Å². The molecule has 1 aromatic rings. The Kier molecular flexibility index (Phi) is 4.94. The summed E-state index contributed by atoms with van der Waals surface area (Å²) >= 11 is 8.54. The molecule has 82 valence electrons. The van der Waals surface area contributed by atoms with Crippen LogP contribution in [0.15, 0.2) is 11.4 Å². The van der Waals surface area contributed by atoms with Gasteiger partial charge in [0, 0.05) is 11.9 Å². The molecule has 0 atom stereocenters. The molecule has 0 saturated carbocycles. The number of carbonyl (C=O) groups excluding carboxylic acids is 1. The van der Waals surface area contributed by atoms with Crippen LogP contribution in [0.4, 0.5) is 0 Å². The van der Waals surface area contributed by atoms with Gasteiger partial charge in [-0.1, -0.05) is 12.2 Å². The number of amides is 1. The van der Waals surface area contributed by atoms with Gasteiger partial charge in [-0.2, -0.15) is 0 Å². The van der Waals surface area contributed by atoms with Crippen LogP contribution >= 0.6 is 46.1 Å². The van der Waals surface area contributed by atoms with E-state index in [0.29, 0.717) is 23.6 Å². The predicted octanol–water partition coefficient (Wildman–Crippen LogP) is 2.10. The highest BCUT2D eigenvalue weighted by Crippen LogP contribution is 2.18. The number of halogens is 1. The molecule has 0 aliphatic carbocycles. The van der Waals surface area contributed by atoms with E-state index in [-0.39, 0.29) is 5.91 Å². The lowest BCUT2D eigenvalue weighted by Crippen LogP contribution is -2.37. The van der Waals surface area contributed by atoms with Gasteiger partial charge in [0.25, 0.3) is 5.91 Å². The summed E-state index contributed by atoms with van der Waals surface area (Å²) < 4.78 is 1.10. The summed E-state index contributed by atoms with van der Waals surface area (Å²) in [5.74, 6) is -0.00975. The molecule has 0 radical (unpaired) electrons. The second kappa shape index (κ2) is 5.76. The fourth-order valence-corrected chi connectivity index (χ4v) is 2.60. The number of hydrogen-bond acceptors (Lipinski definition) is 3. The number of likely N-dealkylation sites (N-methyl/N-ethyl adjacent to an activating group) is 1. The molecule has 1 aromatic heterocycles. The summed E-state index contributed by atoms with van der Waals surface area (Å²) in [6, 6.07) is 1.87. The predicted molar refractivity (Wildman–Crippen MR) is 75.4 cm³/mol. The molecule has 1 rings (SSSR count). The molecule has 0 aliphatic heterocycles. The monoisotopic (exact) mass is 354 g/mol. The maximum Gasteiger partial charge on any atom is 0.255 e. The first kappa shape index (κ1) is 12.9. The van der Waals surface area contributed by atoms with Gasteiger partial charge in [-0.25, -0.2) is 0 Å². The molecule has 0 saturated heterocycles. The van der Waals surface area contributed by atoms with Crippen molar-refractivity contribution in [2.75, 3.05) is 13.1 Å². The third-order valence-electron chi connectivity index (χ3n) is 1.83. The molecule has 1 heterocycles. The van der Waals surface area contributed by atoms with Crippen molar-refractivity contribution in [3.63, 3.8) is 0 Å². The van der Waals surface area contributed by atoms with Crippen LogP contribution in [0.2, 0.25) is 0 Å². The first-order chi connectivity index (χ1) is 7.04. The van der Waals surface area contributed by atoms with Crippen molar-refractivity contribution >= 4 is 57.0 Å². The highest BCUT2D eigenvalue weighted by molar-refractivity contribution is 14.1. The normalized spacial score (nSPS) is 10.0. The minimum absolute atomic E-state index is 0.00975. The van der Waals surface area contributed by atoms with E-state index in [1.54, 1.807) is 16.2 Å². The van der Waals surface area contributed by atoms with E-state index in [9.17, 15) is 4.79 Å². The van der Waals surface area contributed by atoms with E-state index in [1.807, 2.05) is 18.4 Å². The summed E-state index contributed by atoms with van der Waals surface area (Å²) in [5.41, 5.74) is 6.14. The molecule has 0 bridgehead atoms. The number of hydrogen-bond donors (Lipinski definition) is 1. The molecule has 6 heteroatoms. The van der Waals surface area contributed by atoms with Crippen molar-refractivity contribution in [2.45, 2.75) is 6.92 Å². The van der Waals surface area contributed by atoms with Gasteiger partial charge in [0.15, 0.2) is 0 Å². The lowest BCUT2D eigenvalue weighted by atomic mass is 10.3. The molecule has 2 N–H and O–H groups in total. The maximum atomic E-state index is 11.9. The van der Waals surface area contributed by atoms with Crippen molar-refractivity contribution < 1.29 is 4.79 Å². The number of thiocarbonyl (C=S) groups is 1. The number of nitrogens with two attached hydrogens (primary N) is 1. The Morgan fingerprint density at radius 1 is 1.73 bits per heavy atom. The zero-order chi connectivity index (χ0) is 11.4. The van der Waals surface area contributed by atoms with Gasteiger partial charge in [0.05, 0.1) is 20.0 Å². The fraction of sp³-hybridized carbons (Fsp3) is 0.333. The number of carbonyl (C=O) groups is 1. The van der Waals surface area contributed by atoms with Gasteiger partial charge in [-0.15, -0.1) is 11.3 Å². The van der Waals surface area contributed by atoms with Crippen LogP contribution in [-0.4, -0.2) is 28.9 Å². The standard InChI is InChI=1S/C9H11IN2OS2/c1-2-12(4-8(11)14)9(13)6-3-7(10)15-5-6/h3,5H,2,4H2,1H3,(H2,11,14). The van der Waals surface area contributed by atoms with Crippen LogP contribution in [0.5, 0.6) is 0 Å². The number of nitrogens with zero attached hydrogens (tertiary/aromatic N) is 1. The summed E-state index contributed by atoms with van der Waals surface area (Å²) in [5, 5.41) is 1.85. The number of rotatable bonds is 4. The molecule has 0 unspecified atom stereocenters. The summed E-state index contributed by atoms with van der Waals surface area (Å²) in [7, 11) is 0. The van der Waals surface area contributed by atoms with Gasteiger partial charge in [-0.3, -0.25) is 4.79 Å². The molecule has 0 spiro atoms. The van der Waals surface area contributed by atoms with Crippen LogP contribution < -0.4 is 5.73 Å². The Morgan fingerprint density at radius 2 is 2.40 bits per heavy atom. The highest BCUT2D eigenvalue weighted by atomic mass is 127. The largest absolute Gasteiger partial charge is 0.392 e. The fourth-order valence-electron chi connectivity index (χ4n) is 1.12. The van der Waals surface area contributed by atoms with Crippen LogP contribution in [0.25, 0.3) is 0 Å². The van der Waals surface area contributed by atoms with Crippen molar-refractivity contribution in [3.05, 3.63) is 19.9 Å². The Bertz CT molecular complexity index is 378. The molecular formula is C9H11IN2OS2. The first-order valence-electron chi connectivity index (χ1n) is 4.36. The summed E-state index contributed by atoms with van der Waals surface area (Å²) in [6.07, 6.45) is 0. The van der Waals surface area contributed by atoms with Crippen LogP contribution in [-0.2, 0) is 0 Å². The Balaban J connectivity index is 2.77. The zero-order valence-corrected chi connectivity index (χ0v) is 12.0. The lowest BCUT2D eigenvalue weighted by molar-refractivity contribution is 0.0788. The summed E-state index contributed by atoms with van der Waals surface area (Å²) in [6.45, 7) is 2.87. The average molecular weight is 354 g/mol. The second-order valence-corrected chi connectivity index (χ2v) is 6.25. The van der Waals surface area contributed by atoms with Crippen molar-refractivity contribution in [2.24, 2.45) is 5.73 Å². The zero-order valence-electron chi connectivity index (χ0n) is 8.20.